The van der Waals surface area contributed by atoms with Gasteiger partial charge in [-0.25, -0.2) is 4.98 Å². The maximum absolute atomic E-state index is 12.3. The summed E-state index contributed by atoms with van der Waals surface area (Å²) in [4.78, 5) is 32.1. The Hall–Kier alpha value is -2.00. The van der Waals surface area contributed by atoms with Crippen LogP contribution < -0.4 is 10.6 Å². The summed E-state index contributed by atoms with van der Waals surface area (Å²) in [7, 11) is -1.67. The number of hydrogen-bond acceptors (Lipinski definition) is 6. The van der Waals surface area contributed by atoms with Crippen LogP contribution in [0, 0.1) is 5.92 Å². The Morgan fingerprint density at radius 1 is 1.30 bits per heavy atom. The first-order chi connectivity index (χ1) is 10.6. The number of hydrogen-bond donors (Lipinski definition) is 4. The Morgan fingerprint density at radius 2 is 1.96 bits per heavy atom. The smallest absolute Gasteiger partial charge is 0.426 e. The Morgan fingerprint density at radius 3 is 2.43 bits per heavy atom. The Kier molecular flexibility index (Phi) is 6.65. The molecular formula is C14H23BN4O4. The van der Waals surface area contributed by atoms with E-state index in [-0.39, 0.29) is 11.6 Å². The van der Waals surface area contributed by atoms with E-state index in [0.717, 1.165) is 0 Å². The van der Waals surface area contributed by atoms with Crippen LogP contribution in [0.5, 0.6) is 0 Å². The summed E-state index contributed by atoms with van der Waals surface area (Å²) in [6.07, 6.45) is 4.51. The first kappa shape index (κ1) is 19.1. The summed E-state index contributed by atoms with van der Waals surface area (Å²) in [6, 6.07) is 0. The van der Waals surface area contributed by atoms with E-state index in [0.29, 0.717) is 6.42 Å². The number of nitrogens with zero attached hydrogens (tertiary/aromatic N) is 2. The summed E-state index contributed by atoms with van der Waals surface area (Å²) in [5.74, 6) is -1.70. The summed E-state index contributed by atoms with van der Waals surface area (Å²) in [5, 5.41) is 23.8. The van der Waals surface area contributed by atoms with Gasteiger partial charge in [0.25, 0.3) is 5.91 Å². The van der Waals surface area contributed by atoms with Crippen LogP contribution in [0.1, 0.15) is 44.6 Å². The summed E-state index contributed by atoms with van der Waals surface area (Å²) in [6.45, 7) is 6.85. The number of rotatable bonds is 7. The van der Waals surface area contributed by atoms with Crippen molar-refractivity contribution in [3.05, 3.63) is 24.3 Å². The van der Waals surface area contributed by atoms with E-state index in [9.17, 15) is 19.6 Å². The van der Waals surface area contributed by atoms with Gasteiger partial charge < -0.3 is 20.7 Å². The lowest BCUT2D eigenvalue weighted by Gasteiger charge is -2.28. The molecule has 8 nitrogen and oxygen atoms in total. The fraction of sp³-hybridized carbons (Fsp3) is 0.571. The van der Waals surface area contributed by atoms with Crippen LogP contribution in [0.3, 0.4) is 0 Å². The molecule has 9 heteroatoms. The van der Waals surface area contributed by atoms with Crippen molar-refractivity contribution in [2.75, 3.05) is 0 Å². The van der Waals surface area contributed by atoms with E-state index in [1.165, 1.54) is 32.4 Å². The molecule has 1 heterocycles. The van der Waals surface area contributed by atoms with Gasteiger partial charge in [-0.15, -0.1) is 0 Å². The third-order valence-electron chi connectivity index (χ3n) is 3.19. The monoisotopic (exact) mass is 322 g/mol. The maximum atomic E-state index is 12.3. The van der Waals surface area contributed by atoms with Crippen molar-refractivity contribution in [1.29, 1.82) is 0 Å². The molecule has 0 spiro atoms. The molecule has 0 aromatic carbocycles. The summed E-state index contributed by atoms with van der Waals surface area (Å²) >= 11 is 0. The number of nitrogens with one attached hydrogen (secondary N) is 2. The third-order valence-corrected chi connectivity index (χ3v) is 3.19. The molecule has 0 bridgehead atoms. The van der Waals surface area contributed by atoms with Crippen molar-refractivity contribution in [1.82, 2.24) is 20.6 Å². The molecule has 1 rings (SSSR count). The van der Waals surface area contributed by atoms with Gasteiger partial charge in [-0.3, -0.25) is 14.6 Å². The summed E-state index contributed by atoms with van der Waals surface area (Å²) in [5.41, 5.74) is -1.16. The molecule has 0 aliphatic rings. The van der Waals surface area contributed by atoms with Crippen molar-refractivity contribution >= 4 is 18.9 Å². The number of amides is 2. The number of carbonyl (C=O) groups is 2. The van der Waals surface area contributed by atoms with E-state index in [1.54, 1.807) is 0 Å². The number of carbonyl (C=O) groups excluding carboxylic acids is 2. The van der Waals surface area contributed by atoms with Crippen LogP contribution in [-0.4, -0.2) is 50.4 Å². The second-order valence-corrected chi connectivity index (χ2v) is 6.29. The van der Waals surface area contributed by atoms with Crippen molar-refractivity contribution in [3.63, 3.8) is 0 Å². The van der Waals surface area contributed by atoms with Gasteiger partial charge in [0.15, 0.2) is 0 Å². The van der Waals surface area contributed by atoms with Crippen LogP contribution in [0.15, 0.2) is 18.6 Å². The molecular weight excluding hydrogens is 299 g/mol. The van der Waals surface area contributed by atoms with Crippen molar-refractivity contribution in [2.45, 2.75) is 45.6 Å². The van der Waals surface area contributed by atoms with Crippen LogP contribution in [-0.2, 0) is 4.79 Å². The molecule has 1 atom stereocenters. The highest BCUT2D eigenvalue weighted by molar-refractivity contribution is 6.43. The molecule has 0 saturated heterocycles. The van der Waals surface area contributed by atoms with Crippen LogP contribution in [0.25, 0.3) is 0 Å². The molecule has 0 fully saturated rings. The lowest BCUT2D eigenvalue weighted by atomic mass is 9.74. The molecule has 0 radical (unpaired) electrons. The fourth-order valence-corrected chi connectivity index (χ4v) is 1.93. The predicted octanol–water partition coefficient (Wildman–Crippen LogP) is -0.472. The van der Waals surface area contributed by atoms with Crippen molar-refractivity contribution in [3.8, 4) is 0 Å². The van der Waals surface area contributed by atoms with Gasteiger partial charge in [-0.1, -0.05) is 13.8 Å². The topological polar surface area (TPSA) is 124 Å². The first-order valence-corrected chi connectivity index (χ1v) is 7.39. The minimum absolute atomic E-state index is 0.0919. The molecule has 23 heavy (non-hydrogen) atoms. The third kappa shape index (κ3) is 5.95. The molecule has 2 amide bonds. The minimum Gasteiger partial charge on any atom is -0.426 e. The van der Waals surface area contributed by atoms with E-state index in [4.69, 9.17) is 0 Å². The van der Waals surface area contributed by atoms with Gasteiger partial charge in [-0.2, -0.15) is 0 Å². The second-order valence-electron chi connectivity index (χ2n) is 6.29. The van der Waals surface area contributed by atoms with Crippen molar-refractivity contribution < 1.29 is 19.6 Å². The average Bonchev–Trinajstić information content (AvgIpc) is 2.46. The molecule has 0 unspecified atom stereocenters. The standard InChI is InChI=1S/C14H23BN4O4/c1-9(2)7-11(15(22)23)18-13(21)14(3,4)19-12(20)10-8-16-5-6-17-10/h5-6,8-9,11,22-23H,7H2,1-4H3,(H,18,21)(H,19,20)/t11-/m0/s1. The quantitative estimate of drug-likeness (QED) is 0.503. The SMILES string of the molecule is CC(C)C[C@H](NC(=O)C(C)(C)NC(=O)c1cnccn1)B(O)O. The van der Waals surface area contributed by atoms with Gasteiger partial charge in [0.2, 0.25) is 5.91 Å². The Balaban J connectivity index is 2.74. The molecule has 0 aliphatic carbocycles. The highest BCUT2D eigenvalue weighted by Crippen LogP contribution is 2.09. The van der Waals surface area contributed by atoms with E-state index < -0.39 is 30.4 Å². The van der Waals surface area contributed by atoms with Gasteiger partial charge in [0, 0.05) is 12.4 Å². The van der Waals surface area contributed by atoms with E-state index >= 15 is 0 Å². The molecule has 0 aliphatic heterocycles. The molecule has 1 aromatic heterocycles. The highest BCUT2D eigenvalue weighted by atomic mass is 16.4. The zero-order valence-electron chi connectivity index (χ0n) is 13.8. The lowest BCUT2D eigenvalue weighted by molar-refractivity contribution is -0.126. The Bertz CT molecular complexity index is 537. The fourth-order valence-electron chi connectivity index (χ4n) is 1.93. The largest absolute Gasteiger partial charge is 0.475 e. The lowest BCUT2D eigenvalue weighted by Crippen LogP contribution is -2.59. The van der Waals surface area contributed by atoms with E-state index in [1.807, 2.05) is 13.8 Å². The molecule has 126 valence electrons. The van der Waals surface area contributed by atoms with Gasteiger partial charge in [0.05, 0.1) is 12.1 Å². The number of aromatic nitrogens is 2. The summed E-state index contributed by atoms with van der Waals surface area (Å²) < 4.78 is 0. The van der Waals surface area contributed by atoms with Crippen molar-refractivity contribution in [2.24, 2.45) is 5.92 Å². The molecule has 1 aromatic rings. The Labute approximate surface area is 135 Å². The average molecular weight is 322 g/mol. The van der Waals surface area contributed by atoms with Crippen LogP contribution in [0.2, 0.25) is 0 Å². The minimum atomic E-state index is -1.67. The van der Waals surface area contributed by atoms with E-state index in [2.05, 4.69) is 20.6 Å². The molecule has 4 N–H and O–H groups in total. The normalized spacial score (nSPS) is 12.7. The van der Waals surface area contributed by atoms with Crippen LogP contribution >= 0.6 is 0 Å². The first-order valence-electron chi connectivity index (χ1n) is 7.39. The maximum Gasteiger partial charge on any atom is 0.475 e. The highest BCUT2D eigenvalue weighted by Gasteiger charge is 2.34. The van der Waals surface area contributed by atoms with Gasteiger partial charge in [0.1, 0.15) is 11.2 Å². The van der Waals surface area contributed by atoms with Crippen LogP contribution in [0.4, 0.5) is 0 Å². The zero-order valence-corrected chi connectivity index (χ0v) is 13.8. The van der Waals surface area contributed by atoms with Gasteiger partial charge in [-0.05, 0) is 26.2 Å². The zero-order chi connectivity index (χ0) is 17.6. The predicted molar refractivity (Wildman–Crippen MR) is 85.2 cm³/mol. The molecule has 0 saturated carbocycles. The van der Waals surface area contributed by atoms with Gasteiger partial charge >= 0.3 is 7.12 Å². The second kappa shape index (κ2) is 8.03.